The van der Waals surface area contributed by atoms with Gasteiger partial charge in [0.2, 0.25) is 0 Å². The minimum absolute atomic E-state index is 0.131. The van der Waals surface area contributed by atoms with E-state index in [2.05, 4.69) is 0 Å². The fourth-order valence-electron chi connectivity index (χ4n) is 3.16. The molecule has 3 rings (SSSR count). The first kappa shape index (κ1) is 18.0. The SMILES string of the molecule is CC(C)(C)OC(=O)N1C(=O)OCC1C(c1ccccc1)c1ccccc1. The summed E-state index contributed by atoms with van der Waals surface area (Å²) in [5.41, 5.74) is 1.32. The van der Waals surface area contributed by atoms with Crippen molar-refractivity contribution >= 4 is 12.2 Å². The highest BCUT2D eigenvalue weighted by Crippen LogP contribution is 2.34. The third-order valence-electron chi connectivity index (χ3n) is 4.20. The minimum atomic E-state index is -0.695. The van der Waals surface area contributed by atoms with Crippen molar-refractivity contribution in [2.75, 3.05) is 6.61 Å². The van der Waals surface area contributed by atoms with Crippen molar-refractivity contribution in [2.45, 2.75) is 38.3 Å². The summed E-state index contributed by atoms with van der Waals surface area (Å²) in [4.78, 5) is 26.0. The molecule has 0 N–H and O–H groups in total. The number of benzene rings is 2. The van der Waals surface area contributed by atoms with Crippen molar-refractivity contribution in [1.82, 2.24) is 4.90 Å². The molecule has 0 bridgehead atoms. The number of imide groups is 1. The normalized spacial score (nSPS) is 17.3. The summed E-state index contributed by atoms with van der Waals surface area (Å²) in [6.07, 6.45) is -1.34. The van der Waals surface area contributed by atoms with Crippen LogP contribution in [0.5, 0.6) is 0 Å². The summed E-state index contributed by atoms with van der Waals surface area (Å²) in [6.45, 7) is 5.44. The van der Waals surface area contributed by atoms with Gasteiger partial charge in [-0.25, -0.2) is 14.5 Å². The number of hydrogen-bond donors (Lipinski definition) is 0. The van der Waals surface area contributed by atoms with Crippen LogP contribution in [0.15, 0.2) is 60.7 Å². The summed E-state index contributed by atoms with van der Waals surface area (Å²) < 4.78 is 10.7. The van der Waals surface area contributed by atoms with Gasteiger partial charge in [0.05, 0.1) is 6.04 Å². The topological polar surface area (TPSA) is 55.8 Å². The molecule has 5 heteroatoms. The fraction of sp³-hybridized carbons (Fsp3) is 0.333. The fourth-order valence-corrected chi connectivity index (χ4v) is 3.16. The van der Waals surface area contributed by atoms with E-state index in [9.17, 15) is 9.59 Å². The Morgan fingerprint density at radius 2 is 1.54 bits per heavy atom. The quantitative estimate of drug-likeness (QED) is 0.811. The Kier molecular flexibility index (Phi) is 4.98. The van der Waals surface area contributed by atoms with Crippen molar-refractivity contribution in [3.8, 4) is 0 Å². The number of amides is 2. The van der Waals surface area contributed by atoms with Crippen LogP contribution in [0.25, 0.3) is 0 Å². The Morgan fingerprint density at radius 3 is 2.00 bits per heavy atom. The van der Waals surface area contributed by atoms with Gasteiger partial charge < -0.3 is 9.47 Å². The summed E-state index contributed by atoms with van der Waals surface area (Å²) in [7, 11) is 0. The Morgan fingerprint density at radius 1 is 1.04 bits per heavy atom. The van der Waals surface area contributed by atoms with Crippen molar-refractivity contribution in [2.24, 2.45) is 0 Å². The van der Waals surface area contributed by atoms with Gasteiger partial charge in [0.1, 0.15) is 12.2 Å². The number of hydrogen-bond acceptors (Lipinski definition) is 4. The van der Waals surface area contributed by atoms with Crippen LogP contribution in [0.1, 0.15) is 37.8 Å². The van der Waals surface area contributed by atoms with E-state index in [1.165, 1.54) is 0 Å². The molecule has 2 aromatic rings. The molecule has 0 aliphatic carbocycles. The Bertz CT molecular complexity index is 728. The van der Waals surface area contributed by atoms with Gasteiger partial charge in [0.25, 0.3) is 0 Å². The summed E-state index contributed by atoms with van der Waals surface area (Å²) in [5.74, 6) is -0.198. The lowest BCUT2D eigenvalue weighted by Crippen LogP contribution is -2.45. The molecule has 5 nitrogen and oxygen atoms in total. The van der Waals surface area contributed by atoms with Crippen molar-refractivity contribution in [3.05, 3.63) is 71.8 Å². The van der Waals surface area contributed by atoms with Gasteiger partial charge in [-0.1, -0.05) is 60.7 Å². The molecule has 0 saturated carbocycles. The maximum absolute atomic E-state index is 12.7. The van der Waals surface area contributed by atoms with E-state index >= 15 is 0 Å². The highest BCUT2D eigenvalue weighted by atomic mass is 16.6. The van der Waals surface area contributed by atoms with E-state index in [0.29, 0.717) is 0 Å². The van der Waals surface area contributed by atoms with Crippen molar-refractivity contribution in [3.63, 3.8) is 0 Å². The zero-order valence-corrected chi connectivity index (χ0v) is 15.2. The molecule has 1 saturated heterocycles. The van der Waals surface area contributed by atoms with Crippen LogP contribution >= 0.6 is 0 Å². The van der Waals surface area contributed by atoms with Gasteiger partial charge in [-0.15, -0.1) is 0 Å². The average molecular weight is 353 g/mol. The molecule has 2 amide bonds. The van der Waals surface area contributed by atoms with Crippen LogP contribution in [0.2, 0.25) is 0 Å². The van der Waals surface area contributed by atoms with E-state index in [4.69, 9.17) is 9.47 Å². The number of carbonyl (C=O) groups excluding carboxylic acids is 2. The van der Waals surface area contributed by atoms with Crippen LogP contribution in [0.3, 0.4) is 0 Å². The smallest absolute Gasteiger partial charge is 0.420 e. The Hall–Kier alpha value is -2.82. The molecule has 1 aliphatic heterocycles. The van der Waals surface area contributed by atoms with Crippen molar-refractivity contribution < 1.29 is 19.1 Å². The number of cyclic esters (lactones) is 1. The molecule has 26 heavy (non-hydrogen) atoms. The number of rotatable bonds is 3. The first-order chi connectivity index (χ1) is 12.4. The predicted octanol–water partition coefficient (Wildman–Crippen LogP) is 4.57. The molecule has 0 aromatic heterocycles. The van der Waals surface area contributed by atoms with E-state index in [-0.39, 0.29) is 12.5 Å². The van der Waals surface area contributed by atoms with E-state index in [1.54, 1.807) is 20.8 Å². The minimum Gasteiger partial charge on any atom is -0.447 e. The van der Waals surface area contributed by atoms with Crippen LogP contribution in [-0.2, 0) is 9.47 Å². The molecule has 1 aliphatic rings. The maximum Gasteiger partial charge on any atom is 0.420 e. The predicted molar refractivity (Wildman–Crippen MR) is 97.9 cm³/mol. The molecule has 0 spiro atoms. The molecule has 1 atom stereocenters. The average Bonchev–Trinajstić information content (AvgIpc) is 2.97. The van der Waals surface area contributed by atoms with E-state index < -0.39 is 23.8 Å². The molecule has 1 unspecified atom stereocenters. The van der Waals surface area contributed by atoms with Gasteiger partial charge in [-0.2, -0.15) is 0 Å². The van der Waals surface area contributed by atoms with Crippen LogP contribution < -0.4 is 0 Å². The Balaban J connectivity index is 2.00. The second-order valence-corrected chi connectivity index (χ2v) is 7.29. The highest BCUT2D eigenvalue weighted by molar-refractivity contribution is 5.90. The first-order valence-corrected chi connectivity index (χ1v) is 8.66. The van der Waals surface area contributed by atoms with Crippen LogP contribution in [0, 0.1) is 0 Å². The lowest BCUT2D eigenvalue weighted by atomic mass is 9.85. The number of carbonyl (C=O) groups is 2. The number of ether oxygens (including phenoxy) is 2. The lowest BCUT2D eigenvalue weighted by molar-refractivity contribution is 0.0284. The van der Waals surface area contributed by atoms with Gasteiger partial charge in [0, 0.05) is 5.92 Å². The van der Waals surface area contributed by atoms with Gasteiger partial charge >= 0.3 is 12.2 Å². The monoisotopic (exact) mass is 353 g/mol. The highest BCUT2D eigenvalue weighted by Gasteiger charge is 2.45. The van der Waals surface area contributed by atoms with E-state index in [0.717, 1.165) is 16.0 Å². The van der Waals surface area contributed by atoms with Crippen LogP contribution in [-0.4, -0.2) is 35.3 Å². The van der Waals surface area contributed by atoms with Crippen molar-refractivity contribution in [1.29, 1.82) is 0 Å². The summed E-state index contributed by atoms with van der Waals surface area (Å²) in [6, 6.07) is 19.2. The maximum atomic E-state index is 12.7. The number of nitrogens with zero attached hydrogens (tertiary/aromatic N) is 1. The summed E-state index contributed by atoms with van der Waals surface area (Å²) >= 11 is 0. The standard InChI is InChI=1S/C21H23NO4/c1-21(2,3)26-20(24)22-17(14-25-19(22)23)18(15-10-6-4-7-11-15)16-12-8-5-9-13-16/h4-13,17-18H,14H2,1-3H3. The second-order valence-electron chi connectivity index (χ2n) is 7.29. The largest absolute Gasteiger partial charge is 0.447 e. The first-order valence-electron chi connectivity index (χ1n) is 8.66. The van der Waals surface area contributed by atoms with Gasteiger partial charge in [-0.3, -0.25) is 0 Å². The molecule has 1 fully saturated rings. The van der Waals surface area contributed by atoms with Crippen LogP contribution in [0.4, 0.5) is 9.59 Å². The second kappa shape index (κ2) is 7.20. The molecular weight excluding hydrogens is 330 g/mol. The molecule has 136 valence electrons. The zero-order chi connectivity index (χ0) is 18.7. The molecule has 1 heterocycles. The third kappa shape index (κ3) is 3.87. The third-order valence-corrected chi connectivity index (χ3v) is 4.20. The van der Waals surface area contributed by atoms with Gasteiger partial charge in [-0.05, 0) is 31.9 Å². The lowest BCUT2D eigenvalue weighted by Gasteiger charge is -2.30. The zero-order valence-electron chi connectivity index (χ0n) is 15.2. The Labute approximate surface area is 153 Å². The summed E-state index contributed by atoms with van der Waals surface area (Å²) in [5, 5.41) is 0. The van der Waals surface area contributed by atoms with E-state index in [1.807, 2.05) is 60.7 Å². The van der Waals surface area contributed by atoms with Gasteiger partial charge in [0.15, 0.2) is 0 Å². The molecular formula is C21H23NO4. The molecule has 0 radical (unpaired) electrons. The molecule has 2 aromatic carbocycles.